The topological polar surface area (TPSA) is 67.6 Å². The Morgan fingerprint density at radius 3 is 2.16 bits per heavy atom. The first-order chi connectivity index (χ1) is 21.2. The molecular weight excluding hydrogens is 576 g/mol. The molecule has 4 aromatic carbocycles. The van der Waals surface area contributed by atoms with Crippen LogP contribution in [0.25, 0.3) is 21.9 Å². The molecule has 2 aliphatic rings. The molecule has 2 fully saturated rings. The van der Waals surface area contributed by atoms with Gasteiger partial charge in [0.15, 0.2) is 0 Å². The number of carbonyl (C=O) groups is 1. The standard InChI is InChI=1S/C31H29F2NO2S.C5H12N2/c1-21-6-8-22(9-7-21)23-10-14-26(15-11-23)31(32,33)30(20-35)34-37-29-17-13-24-18-28(16-12-25(24)19-29)36-27-4-2-3-5-27;1-7-3-2-5(6)4-7/h6-20,27,30,34H,2-5H2,1H3;5H,2-4,6H2,1H3. The second-order valence-electron chi connectivity index (χ2n) is 11.9. The summed E-state index contributed by atoms with van der Waals surface area (Å²) in [5.41, 5.74) is 8.31. The van der Waals surface area contributed by atoms with Gasteiger partial charge in [0.25, 0.3) is 5.92 Å². The van der Waals surface area contributed by atoms with Crippen LogP contribution in [0.2, 0.25) is 0 Å². The zero-order valence-corrected chi connectivity index (χ0v) is 26.2. The van der Waals surface area contributed by atoms with Crippen LogP contribution in [0.5, 0.6) is 5.75 Å². The fraction of sp³-hybridized carbons (Fsp3) is 0.361. The van der Waals surface area contributed by atoms with Gasteiger partial charge in [-0.25, -0.2) is 4.72 Å². The molecule has 1 aliphatic heterocycles. The Kier molecular flexibility index (Phi) is 10.7. The number of carbonyl (C=O) groups excluding carboxylic acids is 1. The van der Waals surface area contributed by atoms with Crippen molar-refractivity contribution in [1.82, 2.24) is 9.62 Å². The van der Waals surface area contributed by atoms with Crippen molar-refractivity contribution in [1.29, 1.82) is 0 Å². The number of halogens is 2. The summed E-state index contributed by atoms with van der Waals surface area (Å²) in [6.45, 7) is 4.26. The van der Waals surface area contributed by atoms with Crippen LogP contribution in [-0.4, -0.2) is 49.5 Å². The van der Waals surface area contributed by atoms with Crippen LogP contribution in [0.3, 0.4) is 0 Å². The predicted octanol–water partition coefficient (Wildman–Crippen LogP) is 7.74. The average Bonchev–Trinajstić information content (AvgIpc) is 3.68. The zero-order valence-electron chi connectivity index (χ0n) is 25.3. The summed E-state index contributed by atoms with van der Waals surface area (Å²) < 4.78 is 39.3. The van der Waals surface area contributed by atoms with Crippen LogP contribution in [-0.2, 0) is 10.7 Å². The summed E-state index contributed by atoms with van der Waals surface area (Å²) in [5.74, 6) is -2.52. The highest BCUT2D eigenvalue weighted by molar-refractivity contribution is 7.97. The van der Waals surface area contributed by atoms with E-state index in [2.05, 4.69) is 16.7 Å². The van der Waals surface area contributed by atoms with Gasteiger partial charge in [0.1, 0.15) is 18.1 Å². The molecule has 2 unspecified atom stereocenters. The van der Waals surface area contributed by atoms with E-state index in [9.17, 15) is 4.79 Å². The molecule has 0 radical (unpaired) electrons. The zero-order chi connectivity index (χ0) is 31.1. The lowest BCUT2D eigenvalue weighted by atomic mass is 9.98. The molecule has 1 saturated heterocycles. The summed E-state index contributed by atoms with van der Waals surface area (Å²) in [6, 6.07) is 24.4. The summed E-state index contributed by atoms with van der Waals surface area (Å²) in [5, 5.41) is 2.00. The maximum absolute atomic E-state index is 15.3. The number of benzene rings is 4. The number of aryl methyl sites for hydroxylation is 1. The van der Waals surface area contributed by atoms with Crippen molar-refractivity contribution in [2.75, 3.05) is 20.1 Å². The first-order valence-electron chi connectivity index (χ1n) is 15.3. The summed E-state index contributed by atoms with van der Waals surface area (Å²) in [4.78, 5) is 14.7. The number of ether oxygens (including phenoxy) is 1. The van der Waals surface area contributed by atoms with Crippen LogP contribution in [0.4, 0.5) is 8.78 Å². The van der Waals surface area contributed by atoms with E-state index in [-0.39, 0.29) is 18.0 Å². The van der Waals surface area contributed by atoms with Crippen molar-refractivity contribution in [3.63, 3.8) is 0 Å². The van der Waals surface area contributed by atoms with Crippen molar-refractivity contribution >= 4 is 29.0 Å². The molecule has 1 heterocycles. The van der Waals surface area contributed by atoms with Crippen LogP contribution in [0.1, 0.15) is 43.2 Å². The first-order valence-corrected chi connectivity index (χ1v) is 16.1. The number of likely N-dealkylation sites (N-methyl/N-ethyl adjacent to an activating group) is 1. The molecule has 1 aliphatic carbocycles. The molecule has 232 valence electrons. The molecule has 5 nitrogen and oxygen atoms in total. The van der Waals surface area contributed by atoms with Crippen LogP contribution < -0.4 is 15.2 Å². The van der Waals surface area contributed by atoms with Crippen molar-refractivity contribution in [3.8, 4) is 16.9 Å². The Morgan fingerprint density at radius 1 is 0.932 bits per heavy atom. The first kappa shape index (κ1) is 32.1. The minimum absolute atomic E-state index is 0.207. The number of likely N-dealkylation sites (tertiary alicyclic amines) is 1. The normalized spacial score (nSPS) is 18.2. The fourth-order valence-electron chi connectivity index (χ4n) is 5.64. The molecular formula is C36H41F2N3O2S. The van der Waals surface area contributed by atoms with Crippen molar-refractivity contribution < 1.29 is 18.3 Å². The monoisotopic (exact) mass is 617 g/mol. The molecule has 0 amide bonds. The third-order valence-corrected chi connectivity index (χ3v) is 9.16. The number of aldehydes is 1. The van der Waals surface area contributed by atoms with Crippen molar-refractivity contribution in [2.24, 2.45) is 5.73 Å². The highest BCUT2D eigenvalue weighted by Gasteiger charge is 2.41. The molecule has 0 spiro atoms. The van der Waals surface area contributed by atoms with E-state index in [1.165, 1.54) is 37.9 Å². The van der Waals surface area contributed by atoms with Gasteiger partial charge >= 0.3 is 0 Å². The number of hydrogen-bond donors (Lipinski definition) is 2. The quantitative estimate of drug-likeness (QED) is 0.148. The fourth-order valence-corrected chi connectivity index (χ4v) is 6.42. The Morgan fingerprint density at radius 2 is 1.57 bits per heavy atom. The van der Waals surface area contributed by atoms with Crippen molar-refractivity contribution in [2.45, 2.75) is 68.0 Å². The second-order valence-corrected chi connectivity index (χ2v) is 12.8. The second kappa shape index (κ2) is 14.7. The van der Waals surface area contributed by atoms with E-state index in [1.807, 2.05) is 67.6 Å². The van der Waals surface area contributed by atoms with Gasteiger partial charge in [-0.2, -0.15) is 8.78 Å². The van der Waals surface area contributed by atoms with E-state index < -0.39 is 12.0 Å². The van der Waals surface area contributed by atoms with E-state index >= 15 is 8.78 Å². The van der Waals surface area contributed by atoms with Gasteiger partial charge in [-0.05, 0) is 111 Å². The van der Waals surface area contributed by atoms with E-state index in [0.29, 0.717) is 6.04 Å². The molecule has 6 rings (SSSR count). The minimum Gasteiger partial charge on any atom is -0.490 e. The van der Waals surface area contributed by atoms with Crippen LogP contribution in [0, 0.1) is 6.92 Å². The summed E-state index contributed by atoms with van der Waals surface area (Å²) >= 11 is 1.03. The summed E-state index contributed by atoms with van der Waals surface area (Å²) in [7, 11) is 2.10. The Balaban J connectivity index is 0.000000484. The third-order valence-electron chi connectivity index (χ3n) is 8.30. The molecule has 1 saturated carbocycles. The van der Waals surface area contributed by atoms with E-state index in [0.717, 1.165) is 69.4 Å². The number of hydrogen-bond acceptors (Lipinski definition) is 6. The Hall–Kier alpha value is -3.30. The molecule has 4 aromatic rings. The predicted molar refractivity (Wildman–Crippen MR) is 176 cm³/mol. The lowest BCUT2D eigenvalue weighted by Crippen LogP contribution is -2.41. The number of nitrogens with two attached hydrogens (primary N) is 1. The molecule has 3 N–H and O–H groups in total. The molecule has 8 heteroatoms. The van der Waals surface area contributed by atoms with Gasteiger partial charge in [0, 0.05) is 23.0 Å². The Labute approximate surface area is 263 Å². The number of fused-ring (bicyclic) bond motifs is 1. The highest BCUT2D eigenvalue weighted by atomic mass is 32.2. The third kappa shape index (κ3) is 8.24. The lowest BCUT2D eigenvalue weighted by molar-refractivity contribution is -0.119. The largest absolute Gasteiger partial charge is 0.490 e. The number of rotatable bonds is 9. The Bertz CT molecular complexity index is 1520. The van der Waals surface area contributed by atoms with Gasteiger partial charge < -0.3 is 20.2 Å². The van der Waals surface area contributed by atoms with E-state index in [1.54, 1.807) is 12.1 Å². The molecule has 0 bridgehead atoms. The minimum atomic E-state index is -3.37. The maximum Gasteiger partial charge on any atom is 0.295 e. The molecule has 44 heavy (non-hydrogen) atoms. The van der Waals surface area contributed by atoms with Gasteiger partial charge in [0.2, 0.25) is 0 Å². The summed E-state index contributed by atoms with van der Waals surface area (Å²) in [6.07, 6.45) is 6.36. The number of nitrogens with zero attached hydrogens (tertiary/aromatic N) is 1. The van der Waals surface area contributed by atoms with E-state index in [4.69, 9.17) is 10.5 Å². The number of nitrogens with one attached hydrogen (secondary N) is 1. The van der Waals surface area contributed by atoms with Gasteiger partial charge in [-0.15, -0.1) is 0 Å². The van der Waals surface area contributed by atoms with Gasteiger partial charge in [0.05, 0.1) is 6.10 Å². The molecule has 0 aromatic heterocycles. The van der Waals surface area contributed by atoms with Crippen LogP contribution >= 0.6 is 11.9 Å². The highest BCUT2D eigenvalue weighted by Crippen LogP contribution is 2.35. The van der Waals surface area contributed by atoms with Crippen LogP contribution in [0.15, 0.2) is 89.8 Å². The average molecular weight is 618 g/mol. The van der Waals surface area contributed by atoms with Gasteiger partial charge in [-0.1, -0.05) is 66.2 Å². The lowest BCUT2D eigenvalue weighted by Gasteiger charge is -2.24. The maximum atomic E-state index is 15.3. The molecule has 2 atom stereocenters. The van der Waals surface area contributed by atoms with Crippen molar-refractivity contribution in [3.05, 3.63) is 96.1 Å². The SMILES string of the molecule is CN1CCC(N)C1.Cc1ccc(-c2ccc(C(F)(F)C(C=O)NSc3ccc4cc(OC5CCCC5)ccc4c3)cc2)cc1. The smallest absolute Gasteiger partial charge is 0.295 e. The van der Waals surface area contributed by atoms with Gasteiger partial charge in [-0.3, -0.25) is 0 Å². The number of alkyl halides is 2.